The first kappa shape index (κ1) is 17.7. The number of carbonyl (C=O) groups is 3. The van der Waals surface area contributed by atoms with Crippen molar-refractivity contribution in [3.05, 3.63) is 58.8 Å². The first-order chi connectivity index (χ1) is 14.1. The van der Waals surface area contributed by atoms with Gasteiger partial charge in [-0.15, -0.1) is 0 Å². The number of nitrogens with one attached hydrogen (secondary N) is 1. The summed E-state index contributed by atoms with van der Waals surface area (Å²) in [6.07, 6.45) is 5.19. The Bertz CT molecular complexity index is 1110. The number of hydrogen-bond donors (Lipinski definition) is 1. The molecule has 0 spiro atoms. The van der Waals surface area contributed by atoms with E-state index in [4.69, 9.17) is 9.47 Å². The van der Waals surface area contributed by atoms with Gasteiger partial charge in [-0.05, 0) is 30.0 Å². The highest BCUT2D eigenvalue weighted by Crippen LogP contribution is 2.44. The van der Waals surface area contributed by atoms with Crippen LogP contribution in [-0.2, 0) is 30.3 Å². The highest BCUT2D eigenvalue weighted by atomic mass is 16.5. The number of amides is 1. The van der Waals surface area contributed by atoms with Crippen LogP contribution in [0.3, 0.4) is 0 Å². The number of rotatable bonds is 2. The second kappa shape index (κ2) is 6.62. The predicted octanol–water partition coefficient (Wildman–Crippen LogP) is 2.34. The largest absolute Gasteiger partial charge is 0.466 e. The maximum absolute atomic E-state index is 12.8. The molecule has 1 amide bonds. The van der Waals surface area contributed by atoms with Crippen molar-refractivity contribution in [1.82, 2.24) is 9.88 Å². The van der Waals surface area contributed by atoms with Gasteiger partial charge in [0.1, 0.15) is 6.04 Å². The van der Waals surface area contributed by atoms with Crippen LogP contribution >= 0.6 is 0 Å². The van der Waals surface area contributed by atoms with E-state index >= 15 is 0 Å². The van der Waals surface area contributed by atoms with Crippen LogP contribution in [0.1, 0.15) is 30.1 Å². The van der Waals surface area contributed by atoms with E-state index in [1.807, 2.05) is 30.3 Å². The minimum Gasteiger partial charge on any atom is -0.466 e. The summed E-state index contributed by atoms with van der Waals surface area (Å²) in [5.41, 5.74) is 4.54. The number of para-hydroxylation sites is 1. The van der Waals surface area contributed by atoms with Gasteiger partial charge in [-0.1, -0.05) is 30.4 Å². The molecule has 3 heterocycles. The number of esters is 2. The van der Waals surface area contributed by atoms with Crippen LogP contribution in [-0.4, -0.2) is 47.5 Å². The highest BCUT2D eigenvalue weighted by Gasteiger charge is 2.47. The van der Waals surface area contributed by atoms with Gasteiger partial charge in [-0.3, -0.25) is 4.79 Å². The minimum absolute atomic E-state index is 0.201. The third-order valence-electron chi connectivity index (χ3n) is 6.01. The van der Waals surface area contributed by atoms with E-state index in [0.29, 0.717) is 24.8 Å². The molecule has 1 aliphatic carbocycles. The lowest BCUT2D eigenvalue weighted by molar-refractivity contribution is -0.171. The number of nitrogens with zero attached hydrogens (tertiary/aromatic N) is 1. The lowest BCUT2D eigenvalue weighted by Crippen LogP contribution is -2.57. The van der Waals surface area contributed by atoms with Crippen LogP contribution < -0.4 is 0 Å². The van der Waals surface area contributed by atoms with Gasteiger partial charge in [0.05, 0.1) is 13.2 Å². The van der Waals surface area contributed by atoms with Gasteiger partial charge in [0, 0.05) is 28.6 Å². The van der Waals surface area contributed by atoms with Gasteiger partial charge < -0.3 is 19.4 Å². The summed E-state index contributed by atoms with van der Waals surface area (Å²) in [4.78, 5) is 42.3. The Hall–Kier alpha value is -3.35. The molecule has 0 saturated carbocycles. The minimum atomic E-state index is -0.639. The molecule has 0 unspecified atom stereocenters. The van der Waals surface area contributed by atoms with Crippen LogP contribution in [0.25, 0.3) is 10.9 Å². The van der Waals surface area contributed by atoms with Gasteiger partial charge in [-0.25, -0.2) is 9.59 Å². The Morgan fingerprint density at radius 2 is 2.03 bits per heavy atom. The van der Waals surface area contributed by atoms with E-state index < -0.39 is 6.04 Å². The molecule has 5 rings (SSSR count). The van der Waals surface area contributed by atoms with Gasteiger partial charge in [0.25, 0.3) is 5.91 Å². The van der Waals surface area contributed by atoms with Crippen molar-refractivity contribution in [2.24, 2.45) is 0 Å². The second-order valence-corrected chi connectivity index (χ2v) is 7.52. The Labute approximate surface area is 167 Å². The van der Waals surface area contributed by atoms with Crippen molar-refractivity contribution >= 4 is 28.7 Å². The zero-order valence-electron chi connectivity index (χ0n) is 15.9. The number of aromatic amines is 1. The van der Waals surface area contributed by atoms with E-state index in [1.54, 1.807) is 11.0 Å². The van der Waals surface area contributed by atoms with E-state index in [2.05, 4.69) is 4.98 Å². The average molecular weight is 392 g/mol. The van der Waals surface area contributed by atoms with Crippen molar-refractivity contribution in [1.29, 1.82) is 0 Å². The molecule has 2 aliphatic heterocycles. The van der Waals surface area contributed by atoms with Gasteiger partial charge in [-0.2, -0.15) is 0 Å². The second-order valence-electron chi connectivity index (χ2n) is 7.52. The quantitative estimate of drug-likeness (QED) is 0.793. The van der Waals surface area contributed by atoms with Crippen molar-refractivity contribution in [3.63, 3.8) is 0 Å². The van der Waals surface area contributed by atoms with Crippen molar-refractivity contribution in [3.8, 4) is 0 Å². The number of allylic oxidation sites excluding steroid dienone is 2. The number of morpholine rings is 1. The summed E-state index contributed by atoms with van der Waals surface area (Å²) in [5.74, 6) is -0.911. The fourth-order valence-corrected chi connectivity index (χ4v) is 4.65. The Kier molecular flexibility index (Phi) is 4.04. The number of carbonyl (C=O) groups excluding carboxylic acids is 3. The third kappa shape index (κ3) is 2.68. The van der Waals surface area contributed by atoms with E-state index in [-0.39, 0.29) is 30.5 Å². The van der Waals surface area contributed by atoms with Crippen LogP contribution in [0.2, 0.25) is 0 Å². The van der Waals surface area contributed by atoms with E-state index in [0.717, 1.165) is 27.7 Å². The fraction of sp³-hybridized carbons (Fsp3) is 0.318. The van der Waals surface area contributed by atoms with E-state index in [9.17, 15) is 14.4 Å². The van der Waals surface area contributed by atoms with Crippen LogP contribution in [0.15, 0.2) is 47.6 Å². The molecular formula is C22H20N2O5. The number of aromatic nitrogens is 1. The number of H-pyrrole nitrogens is 1. The zero-order valence-corrected chi connectivity index (χ0v) is 15.9. The Morgan fingerprint density at radius 1 is 1.21 bits per heavy atom. The summed E-state index contributed by atoms with van der Waals surface area (Å²) in [7, 11) is 1.36. The van der Waals surface area contributed by atoms with Crippen LogP contribution in [0, 0.1) is 0 Å². The molecule has 1 fully saturated rings. The molecule has 1 aromatic heterocycles. The lowest BCUT2D eigenvalue weighted by Gasteiger charge is -2.44. The number of cyclic esters (lactones) is 1. The zero-order chi connectivity index (χ0) is 20.1. The third-order valence-corrected chi connectivity index (χ3v) is 6.01. The molecule has 2 aromatic rings. The first-order valence-corrected chi connectivity index (χ1v) is 9.63. The smallest absolute Gasteiger partial charge is 0.333 e. The lowest BCUT2D eigenvalue weighted by atomic mass is 9.83. The van der Waals surface area contributed by atoms with Gasteiger partial charge >= 0.3 is 11.9 Å². The maximum atomic E-state index is 12.8. The standard InChI is InChI=1S/C22H20N2O5/c1-28-21(26)13-8-6-12(7-9-13)20-19-15(14-4-2-3-5-16(14)23-19)10-17-22(27)29-11-18(25)24(17)20/h2-6,8,17,20,23H,7,9-11H2,1H3/t17-,20+/m1/s1. The van der Waals surface area contributed by atoms with Crippen molar-refractivity contribution in [2.45, 2.75) is 31.3 Å². The number of fused-ring (bicyclic) bond motifs is 4. The molecule has 2 atom stereocenters. The molecule has 148 valence electrons. The van der Waals surface area contributed by atoms with Gasteiger partial charge in [0.2, 0.25) is 0 Å². The number of methoxy groups -OCH3 is 1. The number of benzene rings is 1. The fourth-order valence-electron chi connectivity index (χ4n) is 4.65. The SMILES string of the molecule is COC(=O)C1=CC=C([C@H]2c3[nH]c4ccccc4c3C[C@@H]3C(=O)OCC(=O)N32)CC1. The molecule has 3 aliphatic rings. The first-order valence-electron chi connectivity index (χ1n) is 9.63. The van der Waals surface area contributed by atoms with Crippen LogP contribution in [0.5, 0.6) is 0 Å². The molecule has 1 aromatic carbocycles. The number of hydrogen-bond acceptors (Lipinski definition) is 5. The molecule has 0 radical (unpaired) electrons. The Morgan fingerprint density at radius 3 is 2.79 bits per heavy atom. The van der Waals surface area contributed by atoms with Crippen LogP contribution in [0.4, 0.5) is 0 Å². The summed E-state index contributed by atoms with van der Waals surface area (Å²) in [5, 5.41) is 1.06. The summed E-state index contributed by atoms with van der Waals surface area (Å²) >= 11 is 0. The molecule has 1 N–H and O–H groups in total. The molecule has 29 heavy (non-hydrogen) atoms. The summed E-state index contributed by atoms with van der Waals surface area (Å²) in [6, 6.07) is 6.92. The summed E-state index contributed by atoms with van der Waals surface area (Å²) < 4.78 is 9.94. The molecular weight excluding hydrogens is 372 g/mol. The summed E-state index contributed by atoms with van der Waals surface area (Å²) in [6.45, 7) is -0.238. The topological polar surface area (TPSA) is 88.7 Å². The predicted molar refractivity (Wildman–Crippen MR) is 104 cm³/mol. The normalized spacial score (nSPS) is 23.7. The average Bonchev–Trinajstić information content (AvgIpc) is 3.13. The van der Waals surface area contributed by atoms with Gasteiger partial charge in [0.15, 0.2) is 6.61 Å². The molecule has 7 nitrogen and oxygen atoms in total. The number of ether oxygens (including phenoxy) is 2. The van der Waals surface area contributed by atoms with Crippen molar-refractivity contribution in [2.75, 3.05) is 13.7 Å². The molecule has 0 bridgehead atoms. The monoisotopic (exact) mass is 392 g/mol. The maximum Gasteiger partial charge on any atom is 0.333 e. The highest BCUT2D eigenvalue weighted by molar-refractivity contribution is 5.94. The molecule has 1 saturated heterocycles. The molecule has 7 heteroatoms. The Balaban J connectivity index is 1.67. The van der Waals surface area contributed by atoms with Crippen molar-refractivity contribution < 1.29 is 23.9 Å². The van der Waals surface area contributed by atoms with E-state index in [1.165, 1.54) is 7.11 Å².